The van der Waals surface area contributed by atoms with E-state index in [1.165, 1.54) is 95.5 Å². The zero-order valence-corrected chi connectivity index (χ0v) is 17.9. The second kappa shape index (κ2) is 13.2. The van der Waals surface area contributed by atoms with Gasteiger partial charge >= 0.3 is 0 Å². The first-order valence-electron chi connectivity index (χ1n) is 11.6. The molecule has 2 heteroatoms. The average molecular weight is 375 g/mol. The van der Waals surface area contributed by atoms with Crippen molar-refractivity contribution in [3.8, 4) is 5.75 Å². The summed E-state index contributed by atoms with van der Waals surface area (Å²) in [5.74, 6) is 0.959. The van der Waals surface area contributed by atoms with Crippen LogP contribution in [0.2, 0.25) is 0 Å². The van der Waals surface area contributed by atoms with Gasteiger partial charge in [-0.05, 0) is 37.5 Å². The number of unbranched alkanes of at least 4 members (excludes halogenated alkanes) is 12. The van der Waals surface area contributed by atoms with Gasteiger partial charge in [0.05, 0.1) is 6.61 Å². The Bertz CT molecular complexity index is 476. The molecule has 1 aromatic rings. The van der Waals surface area contributed by atoms with E-state index in [2.05, 4.69) is 38.1 Å². The number of hydrogen-bond donors (Lipinski definition) is 0. The summed E-state index contributed by atoms with van der Waals surface area (Å²) in [6.07, 6.45) is 19.6. The summed E-state index contributed by atoms with van der Waals surface area (Å²) >= 11 is 0. The Morgan fingerprint density at radius 2 is 1.26 bits per heavy atom. The molecular weight excluding hydrogens is 332 g/mol. The van der Waals surface area contributed by atoms with E-state index in [9.17, 15) is 0 Å². The van der Waals surface area contributed by atoms with Gasteiger partial charge in [-0.1, -0.05) is 96.1 Å². The van der Waals surface area contributed by atoms with Gasteiger partial charge in [0.15, 0.2) is 0 Å². The monoisotopic (exact) mass is 374 g/mol. The molecule has 1 unspecified atom stereocenters. The average Bonchev–Trinajstić information content (AvgIpc) is 3.42. The number of aryl methyl sites for hydroxylation is 1. The van der Waals surface area contributed by atoms with Crippen molar-refractivity contribution in [1.29, 1.82) is 0 Å². The number of ether oxygens (including phenoxy) is 2. The van der Waals surface area contributed by atoms with Crippen molar-refractivity contribution >= 4 is 0 Å². The number of rotatable bonds is 17. The first kappa shape index (κ1) is 22.3. The molecule has 1 atom stereocenters. The van der Waals surface area contributed by atoms with E-state index in [-0.39, 0.29) is 5.60 Å². The second-order valence-corrected chi connectivity index (χ2v) is 8.66. The predicted octanol–water partition coefficient (Wildman–Crippen LogP) is 7.49. The van der Waals surface area contributed by atoms with Gasteiger partial charge in [0, 0.05) is 0 Å². The van der Waals surface area contributed by atoms with Crippen LogP contribution in [0.4, 0.5) is 0 Å². The molecule has 154 valence electrons. The molecule has 0 bridgehead atoms. The zero-order chi connectivity index (χ0) is 19.2. The van der Waals surface area contributed by atoms with Crippen molar-refractivity contribution in [1.82, 2.24) is 0 Å². The van der Waals surface area contributed by atoms with Crippen LogP contribution in [0.5, 0.6) is 5.75 Å². The molecule has 27 heavy (non-hydrogen) atoms. The topological polar surface area (TPSA) is 21.8 Å². The Morgan fingerprint density at radius 1 is 0.778 bits per heavy atom. The second-order valence-electron chi connectivity index (χ2n) is 8.66. The van der Waals surface area contributed by atoms with Gasteiger partial charge in [-0.25, -0.2) is 0 Å². The summed E-state index contributed by atoms with van der Waals surface area (Å²) in [6.45, 7) is 5.86. The highest BCUT2D eigenvalue weighted by Gasteiger charge is 2.40. The fourth-order valence-electron chi connectivity index (χ4n) is 3.54. The lowest BCUT2D eigenvalue weighted by atomic mass is 10.0. The van der Waals surface area contributed by atoms with E-state index in [4.69, 9.17) is 9.47 Å². The van der Waals surface area contributed by atoms with E-state index >= 15 is 0 Å². The first-order valence-corrected chi connectivity index (χ1v) is 11.6. The Labute approximate surface area is 168 Å². The van der Waals surface area contributed by atoms with E-state index < -0.39 is 0 Å². The van der Waals surface area contributed by atoms with Crippen molar-refractivity contribution in [2.75, 3.05) is 13.2 Å². The molecule has 2 nitrogen and oxygen atoms in total. The van der Waals surface area contributed by atoms with Crippen molar-refractivity contribution in [2.24, 2.45) is 0 Å². The number of epoxide rings is 1. The summed E-state index contributed by atoms with van der Waals surface area (Å²) in [5, 5.41) is 0. The molecule has 1 saturated heterocycles. The summed E-state index contributed by atoms with van der Waals surface area (Å²) in [5.41, 5.74) is 1.40. The zero-order valence-electron chi connectivity index (χ0n) is 17.9. The lowest BCUT2D eigenvalue weighted by molar-refractivity contribution is 0.202. The van der Waals surface area contributed by atoms with Crippen LogP contribution in [0.25, 0.3) is 0 Å². The van der Waals surface area contributed by atoms with Crippen LogP contribution in [-0.4, -0.2) is 18.8 Å². The SMILES string of the molecule is CCCCCCCCCCCCCCCc1ccc(OCC2(C)CO2)cc1. The highest BCUT2D eigenvalue weighted by Crippen LogP contribution is 2.27. The smallest absolute Gasteiger partial charge is 0.123 e. The maximum absolute atomic E-state index is 5.79. The maximum Gasteiger partial charge on any atom is 0.123 e. The summed E-state index contributed by atoms with van der Waals surface area (Å²) in [4.78, 5) is 0. The first-order chi connectivity index (χ1) is 13.2. The molecule has 1 aliphatic rings. The van der Waals surface area contributed by atoms with Crippen LogP contribution in [0.1, 0.15) is 103 Å². The van der Waals surface area contributed by atoms with Gasteiger partial charge < -0.3 is 9.47 Å². The molecule has 0 spiro atoms. The number of hydrogen-bond acceptors (Lipinski definition) is 2. The Morgan fingerprint density at radius 3 is 1.74 bits per heavy atom. The van der Waals surface area contributed by atoms with Crippen LogP contribution in [-0.2, 0) is 11.2 Å². The Hall–Kier alpha value is -1.02. The lowest BCUT2D eigenvalue weighted by Gasteiger charge is -2.09. The molecule has 1 aliphatic heterocycles. The molecule has 1 fully saturated rings. The molecule has 0 radical (unpaired) electrons. The standard InChI is InChI=1S/C25H42O2/c1-3-4-5-6-7-8-9-10-11-12-13-14-15-16-23-17-19-24(20-18-23)26-21-25(2)22-27-25/h17-20H,3-16,21-22H2,1-2H3. The van der Waals surface area contributed by atoms with E-state index in [0.717, 1.165) is 12.4 Å². The Balaban J connectivity index is 1.37. The minimum atomic E-state index is -0.0344. The molecule has 1 aromatic carbocycles. The van der Waals surface area contributed by atoms with Gasteiger partial charge in [-0.15, -0.1) is 0 Å². The quantitative estimate of drug-likeness (QED) is 0.208. The molecule has 0 aromatic heterocycles. The molecule has 1 heterocycles. The van der Waals surface area contributed by atoms with Crippen LogP contribution < -0.4 is 4.74 Å². The summed E-state index contributed by atoms with van der Waals surface area (Å²) < 4.78 is 11.1. The predicted molar refractivity (Wildman–Crippen MR) is 116 cm³/mol. The molecule has 2 rings (SSSR count). The molecule has 0 saturated carbocycles. The maximum atomic E-state index is 5.79. The van der Waals surface area contributed by atoms with Crippen molar-refractivity contribution in [3.63, 3.8) is 0 Å². The van der Waals surface area contributed by atoms with Crippen molar-refractivity contribution < 1.29 is 9.47 Å². The van der Waals surface area contributed by atoms with Gasteiger partial charge in [0.25, 0.3) is 0 Å². The fourth-order valence-corrected chi connectivity index (χ4v) is 3.54. The van der Waals surface area contributed by atoms with Crippen LogP contribution in [0.15, 0.2) is 24.3 Å². The third-order valence-corrected chi connectivity index (χ3v) is 5.67. The van der Waals surface area contributed by atoms with Gasteiger partial charge in [0.2, 0.25) is 0 Å². The molecule has 0 N–H and O–H groups in total. The van der Waals surface area contributed by atoms with Gasteiger partial charge in [-0.3, -0.25) is 0 Å². The van der Waals surface area contributed by atoms with Crippen molar-refractivity contribution in [2.45, 2.75) is 109 Å². The molecular formula is C25H42O2. The minimum absolute atomic E-state index is 0.0344. The number of benzene rings is 1. The van der Waals surface area contributed by atoms with Crippen molar-refractivity contribution in [3.05, 3.63) is 29.8 Å². The van der Waals surface area contributed by atoms with Crippen LogP contribution in [0.3, 0.4) is 0 Å². The third-order valence-electron chi connectivity index (χ3n) is 5.67. The van der Waals surface area contributed by atoms with Gasteiger partial charge in [-0.2, -0.15) is 0 Å². The van der Waals surface area contributed by atoms with Crippen LogP contribution >= 0.6 is 0 Å². The van der Waals surface area contributed by atoms with E-state index in [1.54, 1.807) is 0 Å². The normalized spacial score (nSPS) is 18.6. The lowest BCUT2D eigenvalue weighted by Crippen LogP contribution is -2.16. The highest BCUT2D eigenvalue weighted by atomic mass is 16.6. The Kier molecular flexibility index (Phi) is 10.9. The summed E-state index contributed by atoms with van der Waals surface area (Å²) in [6, 6.07) is 8.63. The molecule has 0 aliphatic carbocycles. The van der Waals surface area contributed by atoms with E-state index in [0.29, 0.717) is 6.61 Å². The highest BCUT2D eigenvalue weighted by molar-refractivity contribution is 5.27. The molecule has 0 amide bonds. The summed E-state index contributed by atoms with van der Waals surface area (Å²) in [7, 11) is 0. The minimum Gasteiger partial charge on any atom is -0.491 e. The van der Waals surface area contributed by atoms with Crippen LogP contribution in [0, 0.1) is 0 Å². The largest absolute Gasteiger partial charge is 0.491 e. The van der Waals surface area contributed by atoms with E-state index in [1.807, 2.05) is 0 Å². The van der Waals surface area contributed by atoms with Gasteiger partial charge in [0.1, 0.15) is 18.0 Å². The third kappa shape index (κ3) is 10.8. The fraction of sp³-hybridized carbons (Fsp3) is 0.760.